The first-order valence-electron chi connectivity index (χ1n) is 10.2. The molecule has 0 radical (unpaired) electrons. The van der Waals surface area contributed by atoms with Gasteiger partial charge < -0.3 is 15.5 Å². The van der Waals surface area contributed by atoms with E-state index in [4.69, 9.17) is 0 Å². The van der Waals surface area contributed by atoms with Crippen molar-refractivity contribution in [3.8, 4) is 0 Å². The van der Waals surface area contributed by atoms with Crippen LogP contribution in [-0.4, -0.2) is 43.8 Å². The molecule has 0 spiro atoms. The highest BCUT2D eigenvalue weighted by molar-refractivity contribution is 5.93. The summed E-state index contributed by atoms with van der Waals surface area (Å²) in [5.74, 6) is -0.491. The number of likely N-dealkylation sites (N-methyl/N-ethyl adjacent to an activating group) is 1. The fourth-order valence-electron chi connectivity index (χ4n) is 3.56. The smallest absolute Gasteiger partial charge is 0.279 e. The highest BCUT2D eigenvalue weighted by atomic mass is 16.2. The van der Waals surface area contributed by atoms with Crippen molar-refractivity contribution in [2.75, 3.05) is 25.5 Å². The van der Waals surface area contributed by atoms with Gasteiger partial charge >= 0.3 is 0 Å². The van der Waals surface area contributed by atoms with Crippen LogP contribution in [0.5, 0.6) is 0 Å². The molecule has 0 aromatic heterocycles. The molecule has 160 valence electrons. The van der Waals surface area contributed by atoms with Crippen LogP contribution in [0.3, 0.4) is 0 Å². The highest BCUT2D eigenvalue weighted by Crippen LogP contribution is 2.21. The number of quaternary nitrogens is 1. The van der Waals surface area contributed by atoms with Crippen LogP contribution in [0.25, 0.3) is 0 Å². The summed E-state index contributed by atoms with van der Waals surface area (Å²) in [6.07, 6.45) is 0.452. The average Bonchev–Trinajstić information content (AvgIpc) is 2.64. The van der Waals surface area contributed by atoms with E-state index >= 15 is 0 Å². The molecule has 30 heavy (non-hydrogen) atoms. The lowest BCUT2D eigenvalue weighted by molar-refractivity contribution is -0.862. The van der Waals surface area contributed by atoms with Gasteiger partial charge in [0.15, 0.2) is 18.9 Å². The first-order chi connectivity index (χ1) is 14.2. The Morgan fingerprint density at radius 2 is 1.50 bits per heavy atom. The zero-order chi connectivity index (χ0) is 22.3. The summed E-state index contributed by atoms with van der Waals surface area (Å²) in [5.41, 5.74) is 4.99. The van der Waals surface area contributed by atoms with Crippen molar-refractivity contribution in [1.82, 2.24) is 5.32 Å². The van der Waals surface area contributed by atoms with Crippen molar-refractivity contribution in [2.45, 2.75) is 40.2 Å². The number of hydrogen-bond donors (Lipinski definition) is 3. The van der Waals surface area contributed by atoms with Gasteiger partial charge in [-0.05, 0) is 50.8 Å². The Morgan fingerprint density at radius 3 is 2.07 bits per heavy atom. The Kier molecular flexibility index (Phi) is 8.30. The molecular weight excluding hydrogens is 378 g/mol. The number of anilines is 1. The topological polar surface area (TPSA) is 79.7 Å². The molecule has 0 saturated carbocycles. The Hall–Kier alpha value is -2.99. The lowest BCUT2D eigenvalue weighted by atomic mass is 10.0. The van der Waals surface area contributed by atoms with Crippen molar-refractivity contribution in [3.05, 3.63) is 64.7 Å². The van der Waals surface area contributed by atoms with E-state index in [0.29, 0.717) is 6.42 Å². The molecule has 0 aliphatic carbocycles. The minimum absolute atomic E-state index is 0.0899. The third kappa shape index (κ3) is 7.12. The molecule has 2 amide bonds. The maximum absolute atomic E-state index is 12.4. The summed E-state index contributed by atoms with van der Waals surface area (Å²) >= 11 is 0. The molecular formula is C24H32N3O3+. The fraction of sp³-hybridized carbons (Fsp3) is 0.375. The number of Topliss-reactive ketones (excluding diaryl/α,β-unsaturated/α-hetero) is 1. The van der Waals surface area contributed by atoms with Crippen LogP contribution < -0.4 is 15.5 Å². The Bertz CT molecular complexity index is 886. The zero-order valence-corrected chi connectivity index (χ0v) is 18.5. The molecule has 0 aliphatic rings. The number of ketones is 1. The minimum Gasteiger partial charge on any atom is -0.341 e. The predicted octanol–water partition coefficient (Wildman–Crippen LogP) is 1.38. The largest absolute Gasteiger partial charge is 0.341 e. The molecule has 6 heteroatoms. The minimum atomic E-state index is -0.570. The number of hydrogen-bond acceptors (Lipinski definition) is 3. The molecule has 2 aromatic rings. The monoisotopic (exact) mass is 410 g/mol. The highest BCUT2D eigenvalue weighted by Gasteiger charge is 2.21. The number of benzene rings is 2. The number of rotatable bonds is 9. The molecule has 0 heterocycles. The second-order valence-corrected chi connectivity index (χ2v) is 8.05. The second kappa shape index (κ2) is 10.7. The summed E-state index contributed by atoms with van der Waals surface area (Å²) in [4.78, 5) is 37.6. The first-order valence-corrected chi connectivity index (χ1v) is 10.2. The molecule has 0 saturated heterocycles. The molecule has 2 atom stereocenters. The Morgan fingerprint density at radius 1 is 0.933 bits per heavy atom. The third-order valence-corrected chi connectivity index (χ3v) is 4.97. The lowest BCUT2D eigenvalue weighted by Crippen LogP contribution is -3.11. The molecule has 3 N–H and O–H groups in total. The zero-order valence-electron chi connectivity index (χ0n) is 18.5. The summed E-state index contributed by atoms with van der Waals surface area (Å²) in [6, 6.07) is 13.1. The van der Waals surface area contributed by atoms with Gasteiger partial charge in [0.05, 0.1) is 13.1 Å². The van der Waals surface area contributed by atoms with Crippen molar-refractivity contribution in [1.29, 1.82) is 0 Å². The molecule has 1 unspecified atom stereocenters. The standard InChI is InChI=1S/C24H31N3O3/c1-16-11-17(2)24(18(3)12-16)26-23(30)15-27(5)14-22(29)25-21(19(4)28)13-20-9-7-6-8-10-20/h6-12,21H,13-15H2,1-5H3,(H,25,29)(H,26,30)/p+1/t21-/m1/s1. The predicted molar refractivity (Wildman–Crippen MR) is 119 cm³/mol. The van der Waals surface area contributed by atoms with Gasteiger partial charge in [-0.25, -0.2) is 0 Å². The van der Waals surface area contributed by atoms with Crippen molar-refractivity contribution in [2.24, 2.45) is 0 Å². The number of carbonyl (C=O) groups excluding carboxylic acids is 3. The fourth-order valence-corrected chi connectivity index (χ4v) is 3.56. The molecule has 0 bridgehead atoms. The van der Waals surface area contributed by atoms with Crippen LogP contribution in [0.1, 0.15) is 29.2 Å². The van der Waals surface area contributed by atoms with E-state index in [-0.39, 0.29) is 30.7 Å². The summed E-state index contributed by atoms with van der Waals surface area (Å²) in [6.45, 7) is 7.70. The SMILES string of the molecule is CC(=O)[C@@H](Cc1ccccc1)NC(=O)C[NH+](C)CC(=O)Nc1c(C)cc(C)cc1C. The van der Waals surface area contributed by atoms with Crippen LogP contribution >= 0.6 is 0 Å². The van der Waals surface area contributed by atoms with Crippen molar-refractivity contribution >= 4 is 23.3 Å². The second-order valence-electron chi connectivity index (χ2n) is 8.05. The van der Waals surface area contributed by atoms with Crippen LogP contribution in [0.4, 0.5) is 5.69 Å². The van der Waals surface area contributed by atoms with Crippen molar-refractivity contribution < 1.29 is 19.3 Å². The van der Waals surface area contributed by atoms with E-state index in [9.17, 15) is 14.4 Å². The number of aryl methyl sites for hydroxylation is 3. The van der Waals surface area contributed by atoms with E-state index in [1.165, 1.54) is 6.92 Å². The van der Waals surface area contributed by atoms with E-state index in [1.54, 1.807) is 7.05 Å². The van der Waals surface area contributed by atoms with Gasteiger partial charge in [-0.3, -0.25) is 14.4 Å². The van der Waals surface area contributed by atoms with Gasteiger partial charge in [-0.2, -0.15) is 0 Å². The summed E-state index contributed by atoms with van der Waals surface area (Å²) in [5, 5.41) is 5.76. The average molecular weight is 411 g/mol. The van der Waals surface area contributed by atoms with Gasteiger partial charge in [0.1, 0.15) is 0 Å². The van der Waals surface area contributed by atoms with Gasteiger partial charge in [-0.15, -0.1) is 0 Å². The molecule has 0 fully saturated rings. The normalized spacial score (nSPS) is 12.7. The van der Waals surface area contributed by atoms with Crippen LogP contribution in [0, 0.1) is 20.8 Å². The summed E-state index contributed by atoms with van der Waals surface area (Å²) in [7, 11) is 1.79. The third-order valence-electron chi connectivity index (χ3n) is 4.97. The Labute approximate surface area is 178 Å². The first kappa shape index (κ1) is 23.3. The van der Waals surface area contributed by atoms with E-state index in [1.807, 2.05) is 63.2 Å². The quantitative estimate of drug-likeness (QED) is 0.584. The maximum atomic E-state index is 12.4. The van der Waals surface area contributed by atoms with Crippen LogP contribution in [0.2, 0.25) is 0 Å². The summed E-state index contributed by atoms with van der Waals surface area (Å²) < 4.78 is 0. The van der Waals surface area contributed by atoms with Crippen LogP contribution in [0.15, 0.2) is 42.5 Å². The van der Waals surface area contributed by atoms with Gasteiger partial charge in [0.2, 0.25) is 0 Å². The Balaban J connectivity index is 1.88. The van der Waals surface area contributed by atoms with Gasteiger partial charge in [0, 0.05) is 5.69 Å². The molecule has 6 nitrogen and oxygen atoms in total. The van der Waals surface area contributed by atoms with Gasteiger partial charge in [-0.1, -0.05) is 48.0 Å². The maximum Gasteiger partial charge on any atom is 0.279 e. The lowest BCUT2D eigenvalue weighted by Gasteiger charge is -2.19. The van der Waals surface area contributed by atoms with Crippen LogP contribution in [-0.2, 0) is 20.8 Å². The van der Waals surface area contributed by atoms with Crippen molar-refractivity contribution in [3.63, 3.8) is 0 Å². The van der Waals surface area contributed by atoms with E-state index in [2.05, 4.69) is 10.6 Å². The molecule has 2 rings (SSSR count). The number of amides is 2. The number of carbonyl (C=O) groups is 3. The number of nitrogens with one attached hydrogen (secondary N) is 3. The van der Waals surface area contributed by atoms with Gasteiger partial charge in [0.25, 0.3) is 11.8 Å². The van der Waals surface area contributed by atoms with E-state index < -0.39 is 6.04 Å². The molecule has 0 aliphatic heterocycles. The van der Waals surface area contributed by atoms with E-state index in [0.717, 1.165) is 32.8 Å². The molecule has 2 aromatic carbocycles.